The molecule has 0 aliphatic heterocycles. The summed E-state index contributed by atoms with van der Waals surface area (Å²) < 4.78 is 0. The molecular formula is C12H11NO4. The predicted molar refractivity (Wildman–Crippen MR) is 60.6 cm³/mol. The van der Waals surface area contributed by atoms with Crippen LogP contribution in [0.5, 0.6) is 0 Å². The van der Waals surface area contributed by atoms with Gasteiger partial charge in [0.1, 0.15) is 0 Å². The molecule has 1 aromatic carbocycles. The maximum absolute atomic E-state index is 11.0. The lowest BCUT2D eigenvalue weighted by Crippen LogP contribution is -2.04. The van der Waals surface area contributed by atoms with E-state index in [0.717, 1.165) is 12.8 Å². The second-order valence-electron chi connectivity index (χ2n) is 4.20. The molecule has 0 aromatic heterocycles. The van der Waals surface area contributed by atoms with Gasteiger partial charge in [-0.25, -0.2) is 0 Å². The number of nitro groups is 1. The highest BCUT2D eigenvalue weighted by Gasteiger charge is 2.31. The predicted octanol–water partition coefficient (Wildman–Crippen LogP) is 2.41. The number of aldehydes is 2. The molecule has 1 aromatic rings. The van der Waals surface area contributed by atoms with E-state index in [2.05, 4.69) is 0 Å². The van der Waals surface area contributed by atoms with Crippen molar-refractivity contribution in [3.63, 3.8) is 0 Å². The minimum atomic E-state index is -0.511. The largest absolute Gasteiger partial charge is 0.298 e. The Kier molecular flexibility index (Phi) is 2.75. The fraction of sp³-hybridized carbons (Fsp3) is 0.333. The van der Waals surface area contributed by atoms with Crippen molar-refractivity contribution in [2.24, 2.45) is 0 Å². The SMILES string of the molecule is Cc1c([N+](=O)[O-])cc(C2CC2)c(C=O)c1C=O. The molecule has 1 aliphatic carbocycles. The van der Waals surface area contributed by atoms with Gasteiger partial charge in [-0.15, -0.1) is 0 Å². The molecule has 0 bridgehead atoms. The highest BCUT2D eigenvalue weighted by atomic mass is 16.6. The van der Waals surface area contributed by atoms with Crippen LogP contribution in [0.25, 0.3) is 0 Å². The van der Waals surface area contributed by atoms with Crippen molar-refractivity contribution in [2.45, 2.75) is 25.7 Å². The second kappa shape index (κ2) is 4.08. The van der Waals surface area contributed by atoms with Gasteiger partial charge in [0.2, 0.25) is 0 Å². The summed E-state index contributed by atoms with van der Waals surface area (Å²) in [5.74, 6) is 0.188. The Morgan fingerprint density at radius 3 is 2.29 bits per heavy atom. The minimum Gasteiger partial charge on any atom is -0.298 e. The summed E-state index contributed by atoms with van der Waals surface area (Å²) in [5.41, 5.74) is 1.28. The lowest BCUT2D eigenvalue weighted by molar-refractivity contribution is -0.385. The average Bonchev–Trinajstić information content (AvgIpc) is 3.11. The number of carbonyl (C=O) groups excluding carboxylic acids is 2. The van der Waals surface area contributed by atoms with E-state index in [-0.39, 0.29) is 22.7 Å². The molecular weight excluding hydrogens is 222 g/mol. The van der Waals surface area contributed by atoms with Crippen LogP contribution in [-0.4, -0.2) is 17.5 Å². The molecule has 0 heterocycles. The number of nitrogens with zero attached hydrogens (tertiary/aromatic N) is 1. The standard InChI is InChI=1S/C12H11NO4/c1-7-10(5-14)11(6-15)9(8-2-3-8)4-12(7)13(16)17/h4-6,8H,2-3H2,1H3. The maximum atomic E-state index is 11.0. The summed E-state index contributed by atoms with van der Waals surface area (Å²) in [6.45, 7) is 1.49. The average molecular weight is 233 g/mol. The first-order chi connectivity index (χ1) is 8.10. The molecule has 0 radical (unpaired) electrons. The monoisotopic (exact) mass is 233 g/mol. The lowest BCUT2D eigenvalue weighted by atomic mass is 9.94. The quantitative estimate of drug-likeness (QED) is 0.454. The Bertz CT molecular complexity index is 518. The van der Waals surface area contributed by atoms with Crippen molar-refractivity contribution >= 4 is 18.3 Å². The van der Waals surface area contributed by atoms with Gasteiger partial charge in [-0.1, -0.05) is 0 Å². The van der Waals surface area contributed by atoms with Crippen LogP contribution >= 0.6 is 0 Å². The van der Waals surface area contributed by atoms with Gasteiger partial charge in [0, 0.05) is 22.8 Å². The van der Waals surface area contributed by atoms with Gasteiger partial charge in [-0.2, -0.15) is 0 Å². The van der Waals surface area contributed by atoms with Crippen molar-refractivity contribution in [2.75, 3.05) is 0 Å². The van der Waals surface area contributed by atoms with Crippen LogP contribution in [0.1, 0.15) is 50.6 Å². The zero-order valence-corrected chi connectivity index (χ0v) is 9.30. The molecule has 0 saturated heterocycles. The molecule has 2 rings (SSSR count). The van der Waals surface area contributed by atoms with E-state index in [1.807, 2.05) is 0 Å². The highest BCUT2D eigenvalue weighted by Crippen LogP contribution is 2.44. The van der Waals surface area contributed by atoms with E-state index in [1.165, 1.54) is 13.0 Å². The first kappa shape index (κ1) is 11.4. The summed E-state index contributed by atoms with van der Waals surface area (Å²) in [6.07, 6.45) is 2.98. The molecule has 0 atom stereocenters. The fourth-order valence-corrected chi connectivity index (χ4v) is 2.03. The summed E-state index contributed by atoms with van der Waals surface area (Å²) in [6, 6.07) is 1.43. The van der Waals surface area contributed by atoms with Crippen LogP contribution in [0, 0.1) is 17.0 Å². The van der Waals surface area contributed by atoms with Crippen LogP contribution in [0.15, 0.2) is 6.07 Å². The van der Waals surface area contributed by atoms with E-state index < -0.39 is 4.92 Å². The summed E-state index contributed by atoms with van der Waals surface area (Å²) in [5, 5.41) is 10.9. The van der Waals surface area contributed by atoms with Crippen LogP contribution < -0.4 is 0 Å². The molecule has 0 N–H and O–H groups in total. The van der Waals surface area contributed by atoms with E-state index in [1.54, 1.807) is 0 Å². The Morgan fingerprint density at radius 1 is 1.29 bits per heavy atom. The van der Waals surface area contributed by atoms with Crippen LogP contribution in [0.3, 0.4) is 0 Å². The number of rotatable bonds is 4. The molecule has 88 valence electrons. The molecule has 0 unspecified atom stereocenters. The van der Waals surface area contributed by atoms with Crippen LogP contribution in [-0.2, 0) is 0 Å². The maximum Gasteiger partial charge on any atom is 0.273 e. The van der Waals surface area contributed by atoms with E-state index in [0.29, 0.717) is 23.7 Å². The minimum absolute atomic E-state index is 0.0837. The fourth-order valence-electron chi connectivity index (χ4n) is 2.03. The molecule has 1 saturated carbocycles. The highest BCUT2D eigenvalue weighted by molar-refractivity contribution is 5.94. The summed E-state index contributed by atoms with van der Waals surface area (Å²) >= 11 is 0. The number of carbonyl (C=O) groups is 2. The number of nitro benzene ring substituents is 1. The molecule has 5 heteroatoms. The van der Waals surface area contributed by atoms with Gasteiger partial charge in [-0.3, -0.25) is 19.7 Å². The van der Waals surface area contributed by atoms with Gasteiger partial charge >= 0.3 is 0 Å². The lowest BCUT2D eigenvalue weighted by Gasteiger charge is -2.09. The number of hydrogen-bond donors (Lipinski definition) is 0. The Morgan fingerprint density at radius 2 is 1.88 bits per heavy atom. The van der Waals surface area contributed by atoms with Crippen molar-refractivity contribution in [3.8, 4) is 0 Å². The molecule has 17 heavy (non-hydrogen) atoms. The molecule has 0 amide bonds. The summed E-state index contributed by atoms with van der Waals surface area (Å²) in [7, 11) is 0. The number of hydrogen-bond acceptors (Lipinski definition) is 4. The number of benzene rings is 1. The smallest absolute Gasteiger partial charge is 0.273 e. The van der Waals surface area contributed by atoms with Gasteiger partial charge in [0.05, 0.1) is 4.92 Å². The summed E-state index contributed by atoms with van der Waals surface area (Å²) in [4.78, 5) is 32.4. The van der Waals surface area contributed by atoms with E-state index in [9.17, 15) is 19.7 Å². The van der Waals surface area contributed by atoms with E-state index in [4.69, 9.17) is 0 Å². The van der Waals surface area contributed by atoms with Crippen molar-refractivity contribution in [3.05, 3.63) is 38.4 Å². The topological polar surface area (TPSA) is 77.3 Å². The molecule has 5 nitrogen and oxygen atoms in total. The Labute approximate surface area is 97.6 Å². The Balaban J connectivity index is 2.74. The van der Waals surface area contributed by atoms with Crippen molar-refractivity contribution in [1.82, 2.24) is 0 Å². The van der Waals surface area contributed by atoms with Gasteiger partial charge < -0.3 is 0 Å². The third kappa shape index (κ3) is 1.84. The molecule has 1 aliphatic rings. The third-order valence-electron chi connectivity index (χ3n) is 3.13. The Hall–Kier alpha value is -2.04. The van der Waals surface area contributed by atoms with Gasteiger partial charge in [0.25, 0.3) is 5.69 Å². The molecule has 0 spiro atoms. The second-order valence-corrected chi connectivity index (χ2v) is 4.20. The first-order valence-electron chi connectivity index (χ1n) is 5.32. The van der Waals surface area contributed by atoms with Crippen LogP contribution in [0.4, 0.5) is 5.69 Å². The van der Waals surface area contributed by atoms with Crippen molar-refractivity contribution in [1.29, 1.82) is 0 Å². The normalized spacial score (nSPS) is 14.4. The van der Waals surface area contributed by atoms with Crippen LogP contribution in [0.2, 0.25) is 0 Å². The van der Waals surface area contributed by atoms with Gasteiger partial charge in [0.15, 0.2) is 12.6 Å². The molecule has 1 fully saturated rings. The zero-order valence-electron chi connectivity index (χ0n) is 9.30. The third-order valence-corrected chi connectivity index (χ3v) is 3.13. The zero-order chi connectivity index (χ0) is 12.6. The van der Waals surface area contributed by atoms with Gasteiger partial charge in [-0.05, 0) is 31.2 Å². The van der Waals surface area contributed by atoms with Crippen molar-refractivity contribution < 1.29 is 14.5 Å². The first-order valence-corrected chi connectivity index (χ1v) is 5.32. The van der Waals surface area contributed by atoms with E-state index >= 15 is 0 Å².